The van der Waals surface area contributed by atoms with Gasteiger partial charge in [-0.05, 0) is 43.7 Å². The standard InChI is InChI=1S/C21H30N2O4/c1-4-26-21-13-17(6-8-20(21)24-3)14-22-15-18(19-7-5-16(2)27-19)23-9-11-25-12-10-23/h5-8,13,18,22H,4,9-12,14-15H2,1-3H3. The van der Waals surface area contributed by atoms with Crippen LogP contribution in [-0.4, -0.2) is 51.5 Å². The molecule has 1 fully saturated rings. The van der Waals surface area contributed by atoms with Crippen LogP contribution >= 0.6 is 0 Å². The fourth-order valence-electron chi connectivity index (χ4n) is 3.38. The van der Waals surface area contributed by atoms with E-state index >= 15 is 0 Å². The van der Waals surface area contributed by atoms with Crippen molar-refractivity contribution in [3.63, 3.8) is 0 Å². The number of ether oxygens (including phenoxy) is 3. The Labute approximate surface area is 161 Å². The van der Waals surface area contributed by atoms with E-state index in [0.717, 1.165) is 68.0 Å². The molecule has 148 valence electrons. The van der Waals surface area contributed by atoms with E-state index in [2.05, 4.69) is 22.3 Å². The summed E-state index contributed by atoms with van der Waals surface area (Å²) in [5, 5.41) is 3.57. The van der Waals surface area contributed by atoms with Gasteiger partial charge < -0.3 is 23.9 Å². The third-order valence-electron chi connectivity index (χ3n) is 4.77. The number of morpholine rings is 1. The van der Waals surface area contributed by atoms with Crippen LogP contribution in [0.2, 0.25) is 0 Å². The Bertz CT molecular complexity index is 710. The second kappa shape index (κ2) is 9.78. The number of nitrogens with zero attached hydrogens (tertiary/aromatic N) is 1. The largest absolute Gasteiger partial charge is 0.493 e. The molecule has 27 heavy (non-hydrogen) atoms. The van der Waals surface area contributed by atoms with E-state index in [1.807, 2.05) is 32.0 Å². The van der Waals surface area contributed by atoms with Crippen molar-refractivity contribution in [1.29, 1.82) is 0 Å². The maximum atomic E-state index is 5.92. The maximum Gasteiger partial charge on any atom is 0.161 e. The van der Waals surface area contributed by atoms with Gasteiger partial charge >= 0.3 is 0 Å². The van der Waals surface area contributed by atoms with Crippen LogP contribution < -0.4 is 14.8 Å². The number of furan rings is 1. The van der Waals surface area contributed by atoms with Crippen LogP contribution in [0.3, 0.4) is 0 Å². The van der Waals surface area contributed by atoms with Gasteiger partial charge in [0.25, 0.3) is 0 Å². The zero-order valence-electron chi connectivity index (χ0n) is 16.5. The van der Waals surface area contributed by atoms with E-state index in [1.54, 1.807) is 7.11 Å². The van der Waals surface area contributed by atoms with E-state index < -0.39 is 0 Å². The molecule has 6 nitrogen and oxygen atoms in total. The normalized spacial score (nSPS) is 16.3. The Hall–Kier alpha value is -2.02. The minimum Gasteiger partial charge on any atom is -0.493 e. The van der Waals surface area contributed by atoms with Crippen LogP contribution in [0.25, 0.3) is 0 Å². The van der Waals surface area contributed by atoms with Crippen LogP contribution in [0, 0.1) is 6.92 Å². The molecule has 1 saturated heterocycles. The number of methoxy groups -OCH3 is 1. The second-order valence-electron chi connectivity index (χ2n) is 6.66. The average molecular weight is 374 g/mol. The van der Waals surface area contributed by atoms with Gasteiger partial charge in [0, 0.05) is 26.2 Å². The molecule has 6 heteroatoms. The molecule has 1 aromatic carbocycles. The first-order valence-corrected chi connectivity index (χ1v) is 9.59. The quantitative estimate of drug-likeness (QED) is 0.728. The van der Waals surface area contributed by atoms with Crippen LogP contribution in [-0.2, 0) is 11.3 Å². The summed E-state index contributed by atoms with van der Waals surface area (Å²) < 4.78 is 22.5. The SMILES string of the molecule is CCOc1cc(CNCC(c2ccc(C)o2)N2CCOCC2)ccc1OC. The molecule has 0 amide bonds. The Morgan fingerprint density at radius 2 is 1.96 bits per heavy atom. The summed E-state index contributed by atoms with van der Waals surface area (Å²) in [5.74, 6) is 3.50. The van der Waals surface area contributed by atoms with Gasteiger partial charge in [0.15, 0.2) is 11.5 Å². The monoisotopic (exact) mass is 374 g/mol. The molecule has 1 unspecified atom stereocenters. The number of hydrogen-bond acceptors (Lipinski definition) is 6. The topological polar surface area (TPSA) is 56.1 Å². The molecule has 0 radical (unpaired) electrons. The molecule has 1 aromatic heterocycles. The summed E-state index contributed by atoms with van der Waals surface area (Å²) in [4.78, 5) is 2.43. The number of nitrogens with one attached hydrogen (secondary N) is 1. The van der Waals surface area contributed by atoms with Crippen molar-refractivity contribution in [2.75, 3.05) is 46.6 Å². The highest BCUT2D eigenvalue weighted by Crippen LogP contribution is 2.28. The molecule has 1 N–H and O–H groups in total. The predicted molar refractivity (Wildman–Crippen MR) is 104 cm³/mol. The van der Waals surface area contributed by atoms with E-state index in [0.29, 0.717) is 6.61 Å². The lowest BCUT2D eigenvalue weighted by Crippen LogP contribution is -2.42. The Morgan fingerprint density at radius 1 is 1.15 bits per heavy atom. The smallest absolute Gasteiger partial charge is 0.161 e. The van der Waals surface area contributed by atoms with Crippen molar-refractivity contribution >= 4 is 0 Å². The predicted octanol–water partition coefficient (Wildman–Crippen LogP) is 3.16. The van der Waals surface area contributed by atoms with Gasteiger partial charge in [-0.1, -0.05) is 6.07 Å². The zero-order valence-corrected chi connectivity index (χ0v) is 16.5. The molecule has 1 aliphatic rings. The minimum atomic E-state index is 0.201. The van der Waals surface area contributed by atoms with Crippen LogP contribution in [0.4, 0.5) is 0 Å². The Morgan fingerprint density at radius 3 is 2.63 bits per heavy atom. The lowest BCUT2D eigenvalue weighted by molar-refractivity contribution is 0.0115. The Kier molecular flexibility index (Phi) is 7.15. The number of rotatable bonds is 9. The molecule has 0 spiro atoms. The molecule has 3 rings (SSSR count). The van der Waals surface area contributed by atoms with Crippen molar-refractivity contribution in [2.45, 2.75) is 26.4 Å². The van der Waals surface area contributed by atoms with Crippen LogP contribution in [0.15, 0.2) is 34.7 Å². The van der Waals surface area contributed by atoms with Crippen molar-refractivity contribution in [3.8, 4) is 11.5 Å². The van der Waals surface area contributed by atoms with E-state index in [4.69, 9.17) is 18.6 Å². The Balaban J connectivity index is 1.64. The highest BCUT2D eigenvalue weighted by atomic mass is 16.5. The summed E-state index contributed by atoms with van der Waals surface area (Å²) in [6.07, 6.45) is 0. The molecule has 0 aliphatic carbocycles. The first-order chi connectivity index (χ1) is 13.2. The molecule has 1 atom stereocenters. The summed E-state index contributed by atoms with van der Waals surface area (Å²) in [5.41, 5.74) is 1.16. The van der Waals surface area contributed by atoms with Crippen LogP contribution in [0.5, 0.6) is 11.5 Å². The summed E-state index contributed by atoms with van der Waals surface area (Å²) >= 11 is 0. The minimum absolute atomic E-state index is 0.201. The first-order valence-electron chi connectivity index (χ1n) is 9.59. The van der Waals surface area contributed by atoms with Gasteiger partial charge in [-0.15, -0.1) is 0 Å². The van der Waals surface area contributed by atoms with Crippen molar-refractivity contribution in [2.24, 2.45) is 0 Å². The summed E-state index contributed by atoms with van der Waals surface area (Å²) in [6.45, 7) is 9.52. The molecule has 2 aromatic rings. The second-order valence-corrected chi connectivity index (χ2v) is 6.66. The molecule has 0 saturated carbocycles. The molecular formula is C21H30N2O4. The summed E-state index contributed by atoms with van der Waals surface area (Å²) in [6, 6.07) is 10.4. The number of benzene rings is 1. The fourth-order valence-corrected chi connectivity index (χ4v) is 3.38. The van der Waals surface area contributed by atoms with Gasteiger partial charge in [-0.2, -0.15) is 0 Å². The molecule has 0 bridgehead atoms. The van der Waals surface area contributed by atoms with Gasteiger partial charge in [0.05, 0.1) is 33.0 Å². The highest BCUT2D eigenvalue weighted by Gasteiger charge is 2.24. The summed E-state index contributed by atoms with van der Waals surface area (Å²) in [7, 11) is 1.66. The van der Waals surface area contributed by atoms with Gasteiger partial charge in [-0.25, -0.2) is 0 Å². The number of hydrogen-bond donors (Lipinski definition) is 1. The molecular weight excluding hydrogens is 344 g/mol. The zero-order chi connectivity index (χ0) is 19.1. The fraction of sp³-hybridized carbons (Fsp3) is 0.524. The third-order valence-corrected chi connectivity index (χ3v) is 4.77. The van der Waals surface area contributed by atoms with Crippen molar-refractivity contribution < 1.29 is 18.6 Å². The average Bonchev–Trinajstić information content (AvgIpc) is 3.12. The lowest BCUT2D eigenvalue weighted by Gasteiger charge is -2.33. The highest BCUT2D eigenvalue weighted by molar-refractivity contribution is 5.42. The van der Waals surface area contributed by atoms with Gasteiger partial charge in [-0.3, -0.25) is 4.90 Å². The third kappa shape index (κ3) is 5.25. The number of aryl methyl sites for hydroxylation is 1. The lowest BCUT2D eigenvalue weighted by atomic mass is 10.1. The molecule has 2 heterocycles. The first kappa shape index (κ1) is 19.7. The van der Waals surface area contributed by atoms with E-state index in [9.17, 15) is 0 Å². The molecule has 1 aliphatic heterocycles. The van der Waals surface area contributed by atoms with Gasteiger partial charge in [0.1, 0.15) is 11.5 Å². The van der Waals surface area contributed by atoms with Crippen molar-refractivity contribution in [1.82, 2.24) is 10.2 Å². The van der Waals surface area contributed by atoms with E-state index in [-0.39, 0.29) is 6.04 Å². The van der Waals surface area contributed by atoms with Gasteiger partial charge in [0.2, 0.25) is 0 Å². The maximum absolute atomic E-state index is 5.92. The van der Waals surface area contributed by atoms with Crippen LogP contribution in [0.1, 0.15) is 30.0 Å². The van der Waals surface area contributed by atoms with E-state index in [1.165, 1.54) is 0 Å². The van der Waals surface area contributed by atoms with Crippen molar-refractivity contribution in [3.05, 3.63) is 47.4 Å².